The predicted molar refractivity (Wildman–Crippen MR) is 135 cm³/mol. The SMILES string of the molecule is COC(=O)C(CNC(=O)OC(C)(C)C)NC(=O)c1c(C)nc(NCC=Cc2cccc(O)c2)nc1C. The number of nitrogens with zero attached hydrogens (tertiary/aromatic N) is 2. The van der Waals surface area contributed by atoms with E-state index in [1.54, 1.807) is 52.8 Å². The molecule has 0 bridgehead atoms. The van der Waals surface area contributed by atoms with Crippen LogP contribution in [-0.4, -0.2) is 64.9 Å². The number of aromatic nitrogens is 2. The van der Waals surface area contributed by atoms with Gasteiger partial charge in [0.1, 0.15) is 17.4 Å². The summed E-state index contributed by atoms with van der Waals surface area (Å²) in [6.07, 6.45) is 2.96. The second kappa shape index (κ2) is 12.5. The molecule has 0 aliphatic carbocycles. The van der Waals surface area contributed by atoms with E-state index in [4.69, 9.17) is 9.47 Å². The average molecular weight is 500 g/mol. The molecular formula is C25H33N5O6. The summed E-state index contributed by atoms with van der Waals surface area (Å²) in [5, 5.41) is 17.6. The van der Waals surface area contributed by atoms with Crippen molar-refractivity contribution in [3.63, 3.8) is 0 Å². The van der Waals surface area contributed by atoms with Crippen molar-refractivity contribution in [2.24, 2.45) is 0 Å². The van der Waals surface area contributed by atoms with E-state index < -0.39 is 29.6 Å². The Hall–Kier alpha value is -4.15. The topological polar surface area (TPSA) is 152 Å². The van der Waals surface area contributed by atoms with Gasteiger partial charge in [0.05, 0.1) is 30.6 Å². The first-order chi connectivity index (χ1) is 16.9. The van der Waals surface area contributed by atoms with Gasteiger partial charge in [-0.1, -0.05) is 24.3 Å². The van der Waals surface area contributed by atoms with E-state index in [0.717, 1.165) is 5.56 Å². The number of nitrogens with one attached hydrogen (secondary N) is 3. The molecule has 1 aromatic heterocycles. The molecule has 0 saturated carbocycles. The lowest BCUT2D eigenvalue weighted by Crippen LogP contribution is -2.50. The first-order valence-electron chi connectivity index (χ1n) is 11.3. The molecule has 4 N–H and O–H groups in total. The Kier molecular flexibility index (Phi) is 9.77. The van der Waals surface area contributed by atoms with E-state index >= 15 is 0 Å². The van der Waals surface area contributed by atoms with Crippen LogP contribution >= 0.6 is 0 Å². The van der Waals surface area contributed by atoms with Gasteiger partial charge in [0, 0.05) is 6.54 Å². The molecule has 2 rings (SSSR count). The lowest BCUT2D eigenvalue weighted by molar-refractivity contribution is -0.142. The monoisotopic (exact) mass is 499 g/mol. The summed E-state index contributed by atoms with van der Waals surface area (Å²) in [5.41, 5.74) is 1.15. The molecule has 1 atom stereocenters. The fourth-order valence-electron chi connectivity index (χ4n) is 3.16. The first kappa shape index (κ1) is 28.1. The van der Waals surface area contributed by atoms with E-state index in [1.165, 1.54) is 7.11 Å². The molecule has 2 aromatic rings. The van der Waals surface area contributed by atoms with Gasteiger partial charge < -0.3 is 30.5 Å². The Bertz CT molecular complexity index is 1100. The zero-order valence-electron chi connectivity index (χ0n) is 21.3. The molecule has 194 valence electrons. The zero-order chi connectivity index (χ0) is 26.9. The molecule has 36 heavy (non-hydrogen) atoms. The van der Waals surface area contributed by atoms with Gasteiger partial charge in [0.15, 0.2) is 0 Å². The highest BCUT2D eigenvalue weighted by Gasteiger charge is 2.26. The summed E-state index contributed by atoms with van der Waals surface area (Å²) < 4.78 is 9.90. The second-order valence-corrected chi connectivity index (χ2v) is 8.90. The number of carbonyl (C=O) groups excluding carboxylic acids is 3. The third-order valence-corrected chi connectivity index (χ3v) is 4.70. The van der Waals surface area contributed by atoms with Gasteiger partial charge in [-0.25, -0.2) is 19.6 Å². The summed E-state index contributed by atoms with van der Waals surface area (Å²) in [5.74, 6) is -0.795. The Labute approximate surface area is 210 Å². The van der Waals surface area contributed by atoms with Gasteiger partial charge in [-0.2, -0.15) is 0 Å². The number of alkyl carbamates (subject to hydrolysis) is 1. The number of amides is 2. The molecule has 0 aliphatic rings. The van der Waals surface area contributed by atoms with E-state index in [-0.39, 0.29) is 17.9 Å². The van der Waals surface area contributed by atoms with Gasteiger partial charge in [-0.05, 0) is 52.3 Å². The summed E-state index contributed by atoms with van der Waals surface area (Å²) in [6, 6.07) is 5.70. The highest BCUT2D eigenvalue weighted by Crippen LogP contribution is 2.14. The van der Waals surface area contributed by atoms with E-state index in [0.29, 0.717) is 23.9 Å². The Morgan fingerprint density at radius 3 is 2.39 bits per heavy atom. The summed E-state index contributed by atoms with van der Waals surface area (Å²) in [4.78, 5) is 45.7. The summed E-state index contributed by atoms with van der Waals surface area (Å²) in [6.45, 7) is 8.63. The first-order valence-corrected chi connectivity index (χ1v) is 11.3. The van der Waals surface area contributed by atoms with Gasteiger partial charge in [-0.3, -0.25) is 4.79 Å². The van der Waals surface area contributed by atoms with Crippen LogP contribution in [0, 0.1) is 13.8 Å². The van der Waals surface area contributed by atoms with Crippen LogP contribution in [0.3, 0.4) is 0 Å². The van der Waals surface area contributed by atoms with E-state index in [9.17, 15) is 19.5 Å². The Balaban J connectivity index is 2.04. The van der Waals surface area contributed by atoms with Crippen molar-refractivity contribution in [3.8, 4) is 5.75 Å². The molecule has 0 spiro atoms. The molecule has 0 fully saturated rings. The molecule has 0 radical (unpaired) electrons. The molecule has 1 unspecified atom stereocenters. The molecule has 1 aromatic carbocycles. The third-order valence-electron chi connectivity index (χ3n) is 4.70. The lowest BCUT2D eigenvalue weighted by atomic mass is 10.1. The summed E-state index contributed by atoms with van der Waals surface area (Å²) in [7, 11) is 1.18. The zero-order valence-corrected chi connectivity index (χ0v) is 21.3. The molecule has 1 heterocycles. The molecular weight excluding hydrogens is 466 g/mol. The van der Waals surface area contributed by atoms with Crippen LogP contribution in [-0.2, 0) is 14.3 Å². The number of esters is 1. The number of rotatable bonds is 9. The average Bonchev–Trinajstić information content (AvgIpc) is 2.77. The number of hydrogen-bond donors (Lipinski definition) is 4. The third kappa shape index (κ3) is 8.90. The van der Waals surface area contributed by atoms with Gasteiger partial charge in [0.2, 0.25) is 5.95 Å². The highest BCUT2D eigenvalue weighted by atomic mass is 16.6. The maximum atomic E-state index is 13.0. The Morgan fingerprint density at radius 1 is 1.14 bits per heavy atom. The van der Waals surface area contributed by atoms with Crippen LogP contribution in [0.5, 0.6) is 5.75 Å². The van der Waals surface area contributed by atoms with Crippen molar-refractivity contribution in [2.75, 3.05) is 25.5 Å². The number of aryl methyl sites for hydroxylation is 2. The number of phenols is 1. The van der Waals surface area contributed by atoms with Crippen molar-refractivity contribution >= 4 is 30.0 Å². The standard InChI is InChI=1S/C25H33N5O6/c1-15-20(21(32)30-19(22(33)35-6)14-27-24(34)36-25(3,4)5)16(2)29-23(28-15)26-12-8-10-17-9-7-11-18(31)13-17/h7-11,13,19,31H,12,14H2,1-6H3,(H,27,34)(H,30,32)(H,26,28,29). The minimum atomic E-state index is -1.14. The number of phenolic OH excluding ortho intramolecular Hbond substituents is 1. The number of carbonyl (C=O) groups is 3. The van der Waals surface area contributed by atoms with Crippen LogP contribution in [0.1, 0.15) is 48.1 Å². The van der Waals surface area contributed by atoms with Crippen molar-refractivity contribution in [1.82, 2.24) is 20.6 Å². The van der Waals surface area contributed by atoms with E-state index in [2.05, 4.69) is 25.9 Å². The van der Waals surface area contributed by atoms with E-state index in [1.807, 2.05) is 18.2 Å². The Morgan fingerprint density at radius 2 is 1.81 bits per heavy atom. The van der Waals surface area contributed by atoms with Crippen LogP contribution < -0.4 is 16.0 Å². The second-order valence-electron chi connectivity index (χ2n) is 8.90. The summed E-state index contributed by atoms with van der Waals surface area (Å²) >= 11 is 0. The van der Waals surface area contributed by atoms with Crippen LogP contribution in [0.4, 0.5) is 10.7 Å². The van der Waals surface area contributed by atoms with Gasteiger partial charge in [0.25, 0.3) is 5.91 Å². The fraction of sp³-hybridized carbons (Fsp3) is 0.400. The number of anilines is 1. The molecule has 0 saturated heterocycles. The van der Waals surface area contributed by atoms with Crippen molar-refractivity contribution in [3.05, 3.63) is 52.9 Å². The van der Waals surface area contributed by atoms with Crippen LogP contribution in [0.15, 0.2) is 30.3 Å². The van der Waals surface area contributed by atoms with Crippen LogP contribution in [0.25, 0.3) is 6.08 Å². The number of hydrogen-bond acceptors (Lipinski definition) is 9. The van der Waals surface area contributed by atoms with Crippen molar-refractivity contribution < 1.29 is 29.0 Å². The predicted octanol–water partition coefficient (Wildman–Crippen LogP) is 2.72. The largest absolute Gasteiger partial charge is 0.508 e. The van der Waals surface area contributed by atoms with Gasteiger partial charge >= 0.3 is 12.1 Å². The van der Waals surface area contributed by atoms with Crippen LogP contribution in [0.2, 0.25) is 0 Å². The number of aromatic hydroxyl groups is 1. The fourth-order valence-corrected chi connectivity index (χ4v) is 3.16. The molecule has 2 amide bonds. The number of methoxy groups -OCH3 is 1. The highest BCUT2D eigenvalue weighted by molar-refractivity contribution is 5.98. The maximum Gasteiger partial charge on any atom is 0.407 e. The lowest BCUT2D eigenvalue weighted by Gasteiger charge is -2.22. The number of benzene rings is 1. The van der Waals surface area contributed by atoms with Gasteiger partial charge in [-0.15, -0.1) is 0 Å². The normalized spacial score (nSPS) is 12.1. The maximum absolute atomic E-state index is 13.0. The minimum absolute atomic E-state index is 0.184. The smallest absolute Gasteiger partial charge is 0.407 e. The quantitative estimate of drug-likeness (QED) is 0.382. The molecule has 0 aliphatic heterocycles. The van der Waals surface area contributed by atoms with Crippen molar-refractivity contribution in [1.29, 1.82) is 0 Å². The van der Waals surface area contributed by atoms with Crippen molar-refractivity contribution in [2.45, 2.75) is 46.3 Å². The molecule has 11 heteroatoms. The number of ether oxygens (including phenoxy) is 2. The molecule has 11 nitrogen and oxygen atoms in total. The minimum Gasteiger partial charge on any atom is -0.508 e.